The van der Waals surface area contributed by atoms with Crippen LogP contribution in [0.2, 0.25) is 0 Å². The van der Waals surface area contributed by atoms with E-state index in [4.69, 9.17) is 4.42 Å². The van der Waals surface area contributed by atoms with Gasteiger partial charge in [0.05, 0.1) is 6.42 Å². The largest absolute Gasteiger partial charge is 0.440 e. The normalized spacial score (nSPS) is 10.9. The van der Waals surface area contributed by atoms with Crippen molar-refractivity contribution in [3.05, 3.63) is 101 Å². The molecular formula is C23H19FN2O2. The Kier molecular flexibility index (Phi) is 4.89. The van der Waals surface area contributed by atoms with Gasteiger partial charge < -0.3 is 9.73 Å². The number of hydrogen-bond donors (Lipinski definition) is 1. The van der Waals surface area contributed by atoms with Gasteiger partial charge in [0.1, 0.15) is 11.3 Å². The first kappa shape index (κ1) is 17.9. The summed E-state index contributed by atoms with van der Waals surface area (Å²) in [6.45, 7) is 2.47. The van der Waals surface area contributed by atoms with Crippen molar-refractivity contribution in [2.75, 3.05) is 0 Å². The van der Waals surface area contributed by atoms with Gasteiger partial charge in [0, 0.05) is 12.1 Å². The Morgan fingerprint density at radius 2 is 1.93 bits per heavy atom. The second-order valence-corrected chi connectivity index (χ2v) is 6.73. The molecular weight excluding hydrogens is 355 g/mol. The molecule has 1 amide bonds. The van der Waals surface area contributed by atoms with E-state index in [0.717, 1.165) is 11.1 Å². The van der Waals surface area contributed by atoms with Crippen LogP contribution in [0.25, 0.3) is 11.1 Å². The molecule has 0 aliphatic heterocycles. The van der Waals surface area contributed by atoms with Gasteiger partial charge in [0.2, 0.25) is 0 Å². The maximum absolute atomic E-state index is 13.8. The van der Waals surface area contributed by atoms with Crippen LogP contribution in [0, 0.1) is 12.7 Å². The second-order valence-electron chi connectivity index (χ2n) is 6.73. The van der Waals surface area contributed by atoms with Gasteiger partial charge in [-0.3, -0.25) is 4.79 Å². The average molecular weight is 374 g/mol. The maximum atomic E-state index is 13.8. The molecule has 4 nitrogen and oxygen atoms in total. The fourth-order valence-corrected chi connectivity index (χ4v) is 3.10. The molecule has 0 aliphatic carbocycles. The van der Waals surface area contributed by atoms with E-state index in [1.807, 2.05) is 31.2 Å². The maximum Gasteiger partial charge on any atom is 0.251 e. The van der Waals surface area contributed by atoms with Gasteiger partial charge in [0.25, 0.3) is 5.91 Å². The summed E-state index contributed by atoms with van der Waals surface area (Å²) in [5.74, 6) is -0.0612. The fourth-order valence-electron chi connectivity index (χ4n) is 3.10. The van der Waals surface area contributed by atoms with Gasteiger partial charge in [-0.25, -0.2) is 9.37 Å². The standard InChI is InChI=1S/C23H19FN2O2/c1-15-5-4-6-16(11-15)14-25-23(27)18-9-10-20-21(12-18)28-22(26-20)13-17-7-2-3-8-19(17)24/h2-12H,13-14H2,1H3,(H,25,27). The smallest absolute Gasteiger partial charge is 0.251 e. The van der Waals surface area contributed by atoms with Gasteiger partial charge >= 0.3 is 0 Å². The van der Waals surface area contributed by atoms with Crippen LogP contribution in [0.1, 0.15) is 32.9 Å². The molecule has 0 aliphatic rings. The summed E-state index contributed by atoms with van der Waals surface area (Å²) >= 11 is 0. The third-order valence-electron chi connectivity index (χ3n) is 4.53. The minimum atomic E-state index is -0.291. The van der Waals surface area contributed by atoms with Crippen molar-refractivity contribution in [3.63, 3.8) is 0 Å². The van der Waals surface area contributed by atoms with Gasteiger partial charge in [-0.1, -0.05) is 48.0 Å². The van der Waals surface area contributed by atoms with Gasteiger partial charge in [0.15, 0.2) is 11.5 Å². The minimum absolute atomic E-state index is 0.185. The highest BCUT2D eigenvalue weighted by Crippen LogP contribution is 2.20. The Bertz CT molecular complexity index is 1150. The van der Waals surface area contributed by atoms with E-state index in [9.17, 15) is 9.18 Å². The zero-order valence-electron chi connectivity index (χ0n) is 15.4. The van der Waals surface area contributed by atoms with Crippen LogP contribution in [0.3, 0.4) is 0 Å². The summed E-state index contributed by atoms with van der Waals surface area (Å²) < 4.78 is 19.6. The van der Waals surface area contributed by atoms with Crippen molar-refractivity contribution in [3.8, 4) is 0 Å². The molecule has 0 bridgehead atoms. The second kappa shape index (κ2) is 7.64. The molecule has 140 valence electrons. The number of nitrogens with zero attached hydrogens (tertiary/aromatic N) is 1. The van der Waals surface area contributed by atoms with Crippen molar-refractivity contribution >= 4 is 17.0 Å². The van der Waals surface area contributed by atoms with Gasteiger partial charge in [-0.05, 0) is 42.3 Å². The molecule has 3 aromatic carbocycles. The van der Waals surface area contributed by atoms with E-state index in [2.05, 4.69) is 10.3 Å². The molecule has 1 aromatic heterocycles. The Labute approximate surface area is 162 Å². The predicted molar refractivity (Wildman–Crippen MR) is 106 cm³/mol. The Balaban J connectivity index is 1.49. The summed E-state index contributed by atoms with van der Waals surface area (Å²) in [4.78, 5) is 16.9. The third kappa shape index (κ3) is 3.93. The van der Waals surface area contributed by atoms with Crippen molar-refractivity contribution in [1.29, 1.82) is 0 Å². The lowest BCUT2D eigenvalue weighted by molar-refractivity contribution is 0.0951. The van der Waals surface area contributed by atoms with Crippen LogP contribution in [0.15, 0.2) is 71.1 Å². The zero-order valence-corrected chi connectivity index (χ0v) is 15.4. The molecule has 4 rings (SSSR count). The fraction of sp³-hybridized carbons (Fsp3) is 0.130. The number of aromatic nitrogens is 1. The number of fused-ring (bicyclic) bond motifs is 1. The SMILES string of the molecule is Cc1cccc(CNC(=O)c2ccc3nc(Cc4ccccc4F)oc3c2)c1. The number of nitrogens with one attached hydrogen (secondary N) is 1. The average Bonchev–Trinajstić information content (AvgIpc) is 3.09. The number of oxazole rings is 1. The Morgan fingerprint density at radius 1 is 1.07 bits per heavy atom. The van der Waals surface area contributed by atoms with Gasteiger partial charge in [-0.2, -0.15) is 0 Å². The van der Waals surface area contributed by atoms with Crippen LogP contribution >= 0.6 is 0 Å². The number of amides is 1. The Hall–Kier alpha value is -3.47. The summed E-state index contributed by atoms with van der Waals surface area (Å²) in [6, 6.07) is 19.6. The molecule has 0 saturated heterocycles. The zero-order chi connectivity index (χ0) is 19.5. The summed E-state index contributed by atoms with van der Waals surface area (Å²) in [5, 5.41) is 2.91. The molecule has 0 saturated carbocycles. The first-order valence-corrected chi connectivity index (χ1v) is 9.05. The predicted octanol–water partition coefficient (Wildman–Crippen LogP) is 4.80. The summed E-state index contributed by atoms with van der Waals surface area (Å²) in [7, 11) is 0. The number of aryl methyl sites for hydroxylation is 1. The van der Waals surface area contributed by atoms with Crippen molar-refractivity contribution < 1.29 is 13.6 Å². The topological polar surface area (TPSA) is 55.1 Å². The highest BCUT2D eigenvalue weighted by molar-refractivity contribution is 5.97. The number of halogens is 1. The Morgan fingerprint density at radius 3 is 2.75 bits per heavy atom. The van der Waals surface area contributed by atoms with E-state index in [-0.39, 0.29) is 18.1 Å². The molecule has 1 heterocycles. The van der Waals surface area contributed by atoms with E-state index in [1.165, 1.54) is 6.07 Å². The lowest BCUT2D eigenvalue weighted by Crippen LogP contribution is -2.22. The highest BCUT2D eigenvalue weighted by atomic mass is 19.1. The molecule has 0 fully saturated rings. The third-order valence-corrected chi connectivity index (χ3v) is 4.53. The molecule has 1 N–H and O–H groups in total. The lowest BCUT2D eigenvalue weighted by Gasteiger charge is -2.06. The molecule has 0 unspecified atom stereocenters. The van der Waals surface area contributed by atoms with E-state index < -0.39 is 0 Å². The van der Waals surface area contributed by atoms with Crippen molar-refractivity contribution in [2.24, 2.45) is 0 Å². The molecule has 28 heavy (non-hydrogen) atoms. The van der Waals surface area contributed by atoms with Crippen molar-refractivity contribution in [2.45, 2.75) is 19.9 Å². The summed E-state index contributed by atoms with van der Waals surface area (Å²) in [6.07, 6.45) is 0.260. The summed E-state index contributed by atoms with van der Waals surface area (Å²) in [5.41, 5.74) is 4.36. The van der Waals surface area contributed by atoms with Crippen LogP contribution in [-0.4, -0.2) is 10.9 Å². The number of carbonyl (C=O) groups excluding carboxylic acids is 1. The number of rotatable bonds is 5. The van der Waals surface area contributed by atoms with E-state index >= 15 is 0 Å². The number of benzene rings is 3. The van der Waals surface area contributed by atoms with E-state index in [0.29, 0.717) is 34.7 Å². The molecule has 4 aromatic rings. The molecule has 0 radical (unpaired) electrons. The highest BCUT2D eigenvalue weighted by Gasteiger charge is 2.12. The lowest BCUT2D eigenvalue weighted by atomic mass is 10.1. The van der Waals surface area contributed by atoms with Crippen LogP contribution < -0.4 is 5.32 Å². The first-order chi connectivity index (χ1) is 13.6. The van der Waals surface area contributed by atoms with Crippen LogP contribution in [0.5, 0.6) is 0 Å². The van der Waals surface area contributed by atoms with Gasteiger partial charge in [-0.15, -0.1) is 0 Å². The quantitative estimate of drug-likeness (QED) is 0.546. The van der Waals surface area contributed by atoms with Crippen LogP contribution in [-0.2, 0) is 13.0 Å². The molecule has 0 atom stereocenters. The molecule has 0 spiro atoms. The number of hydrogen-bond acceptors (Lipinski definition) is 3. The van der Waals surface area contributed by atoms with E-state index in [1.54, 1.807) is 36.4 Å². The van der Waals surface area contributed by atoms with Crippen LogP contribution in [0.4, 0.5) is 4.39 Å². The molecule has 5 heteroatoms. The number of carbonyl (C=O) groups is 1. The monoisotopic (exact) mass is 374 g/mol. The first-order valence-electron chi connectivity index (χ1n) is 9.05. The van der Waals surface area contributed by atoms with Crippen molar-refractivity contribution in [1.82, 2.24) is 10.3 Å². The minimum Gasteiger partial charge on any atom is -0.440 e.